The number of nitrogens with zero attached hydrogens (tertiary/aromatic N) is 1. The molecule has 0 saturated heterocycles. The number of rotatable bonds is 4. The van der Waals surface area contributed by atoms with Crippen LogP contribution in [0.25, 0.3) is 0 Å². The lowest BCUT2D eigenvalue weighted by Crippen LogP contribution is -2.07. The van der Waals surface area contributed by atoms with E-state index in [2.05, 4.69) is 4.98 Å². The highest BCUT2D eigenvalue weighted by Gasteiger charge is 2.17. The average molecular weight is 198 g/mol. The van der Waals surface area contributed by atoms with Crippen LogP contribution < -0.4 is 5.73 Å². The average Bonchev–Trinajstić information content (AvgIpc) is 2.48. The molecule has 0 aliphatic carbocycles. The molecule has 0 radical (unpaired) electrons. The van der Waals surface area contributed by atoms with Crippen LogP contribution in [0.3, 0.4) is 0 Å². The van der Waals surface area contributed by atoms with Crippen molar-refractivity contribution in [2.75, 3.05) is 13.2 Å². The highest BCUT2D eigenvalue weighted by Crippen LogP contribution is 2.11. The standard InChI is InChI=1S/C9H14N2O3/c1-3-13-9(12)8-6(2)14-7(11-8)4-5-10/h3-5,10H2,1-2H3. The van der Waals surface area contributed by atoms with Crippen molar-refractivity contribution >= 4 is 5.97 Å². The number of esters is 1. The molecule has 5 heteroatoms. The third-order valence-corrected chi connectivity index (χ3v) is 1.67. The van der Waals surface area contributed by atoms with Crippen molar-refractivity contribution in [3.05, 3.63) is 17.3 Å². The van der Waals surface area contributed by atoms with Crippen LogP contribution in [-0.2, 0) is 11.2 Å². The summed E-state index contributed by atoms with van der Waals surface area (Å²) >= 11 is 0. The molecular weight excluding hydrogens is 184 g/mol. The molecule has 1 aromatic heterocycles. The van der Waals surface area contributed by atoms with E-state index in [0.29, 0.717) is 31.2 Å². The molecule has 0 fully saturated rings. The van der Waals surface area contributed by atoms with Gasteiger partial charge in [-0.1, -0.05) is 0 Å². The number of aromatic nitrogens is 1. The van der Waals surface area contributed by atoms with Gasteiger partial charge in [-0.05, 0) is 13.8 Å². The second kappa shape index (κ2) is 4.76. The Morgan fingerprint density at radius 1 is 1.64 bits per heavy atom. The smallest absolute Gasteiger partial charge is 0.360 e. The van der Waals surface area contributed by atoms with Crippen molar-refractivity contribution in [1.29, 1.82) is 0 Å². The van der Waals surface area contributed by atoms with E-state index in [-0.39, 0.29) is 5.69 Å². The Morgan fingerprint density at radius 3 is 2.93 bits per heavy atom. The van der Waals surface area contributed by atoms with Crippen LogP contribution in [0.15, 0.2) is 4.42 Å². The van der Waals surface area contributed by atoms with E-state index in [1.807, 2.05) is 0 Å². The molecule has 14 heavy (non-hydrogen) atoms. The number of oxazole rings is 1. The molecule has 0 bridgehead atoms. The Hall–Kier alpha value is -1.36. The molecule has 0 atom stereocenters. The van der Waals surface area contributed by atoms with E-state index in [0.717, 1.165) is 0 Å². The maximum Gasteiger partial charge on any atom is 0.360 e. The van der Waals surface area contributed by atoms with Crippen LogP contribution in [-0.4, -0.2) is 24.1 Å². The maximum atomic E-state index is 11.3. The highest BCUT2D eigenvalue weighted by atomic mass is 16.5. The van der Waals surface area contributed by atoms with Gasteiger partial charge in [0.25, 0.3) is 0 Å². The van der Waals surface area contributed by atoms with Gasteiger partial charge in [0.05, 0.1) is 6.61 Å². The number of ether oxygens (including phenoxy) is 1. The van der Waals surface area contributed by atoms with Gasteiger partial charge < -0.3 is 14.9 Å². The number of hydrogen-bond acceptors (Lipinski definition) is 5. The van der Waals surface area contributed by atoms with Crippen molar-refractivity contribution < 1.29 is 13.9 Å². The summed E-state index contributed by atoms with van der Waals surface area (Å²) in [7, 11) is 0. The van der Waals surface area contributed by atoms with E-state index in [1.54, 1.807) is 13.8 Å². The predicted molar refractivity (Wildman–Crippen MR) is 50.0 cm³/mol. The molecule has 1 heterocycles. The van der Waals surface area contributed by atoms with E-state index in [1.165, 1.54) is 0 Å². The van der Waals surface area contributed by atoms with E-state index < -0.39 is 5.97 Å². The Labute approximate surface area is 82.2 Å². The van der Waals surface area contributed by atoms with E-state index in [9.17, 15) is 4.79 Å². The second-order valence-corrected chi connectivity index (χ2v) is 2.77. The van der Waals surface area contributed by atoms with Crippen molar-refractivity contribution in [2.24, 2.45) is 5.73 Å². The van der Waals surface area contributed by atoms with Crippen molar-refractivity contribution in [1.82, 2.24) is 4.98 Å². The first-order valence-corrected chi connectivity index (χ1v) is 4.52. The fraction of sp³-hybridized carbons (Fsp3) is 0.556. The summed E-state index contributed by atoms with van der Waals surface area (Å²) in [6.45, 7) is 4.20. The van der Waals surface area contributed by atoms with Gasteiger partial charge in [-0.3, -0.25) is 0 Å². The Morgan fingerprint density at radius 2 is 2.36 bits per heavy atom. The molecule has 0 aliphatic heterocycles. The summed E-state index contributed by atoms with van der Waals surface area (Å²) in [6, 6.07) is 0. The van der Waals surface area contributed by atoms with Gasteiger partial charge in [0.1, 0.15) is 5.76 Å². The Kier molecular flexibility index (Phi) is 3.64. The number of hydrogen-bond donors (Lipinski definition) is 1. The summed E-state index contributed by atoms with van der Waals surface area (Å²) in [4.78, 5) is 15.3. The number of aryl methyl sites for hydroxylation is 1. The van der Waals surface area contributed by atoms with Crippen LogP contribution in [0.2, 0.25) is 0 Å². The fourth-order valence-corrected chi connectivity index (χ4v) is 1.07. The molecule has 78 valence electrons. The van der Waals surface area contributed by atoms with Gasteiger partial charge in [0.15, 0.2) is 11.6 Å². The lowest BCUT2D eigenvalue weighted by Gasteiger charge is -1.96. The first-order valence-electron chi connectivity index (χ1n) is 4.52. The number of carbonyl (C=O) groups excluding carboxylic acids is 1. The normalized spacial score (nSPS) is 10.2. The van der Waals surface area contributed by atoms with E-state index in [4.69, 9.17) is 14.9 Å². The fourth-order valence-electron chi connectivity index (χ4n) is 1.07. The molecule has 0 saturated carbocycles. The van der Waals surface area contributed by atoms with Crippen LogP contribution in [0, 0.1) is 6.92 Å². The molecule has 0 amide bonds. The summed E-state index contributed by atoms with van der Waals surface area (Å²) < 4.78 is 10.0. The molecule has 0 spiro atoms. The molecular formula is C9H14N2O3. The minimum Gasteiger partial charge on any atom is -0.461 e. The summed E-state index contributed by atoms with van der Waals surface area (Å²) in [5.41, 5.74) is 5.58. The first kappa shape index (κ1) is 10.7. The lowest BCUT2D eigenvalue weighted by atomic mass is 10.4. The molecule has 0 aromatic carbocycles. The van der Waals surface area contributed by atoms with Gasteiger partial charge in [-0.15, -0.1) is 0 Å². The van der Waals surface area contributed by atoms with Gasteiger partial charge in [-0.25, -0.2) is 9.78 Å². The molecule has 0 aliphatic rings. The van der Waals surface area contributed by atoms with Gasteiger partial charge in [0, 0.05) is 13.0 Å². The minimum absolute atomic E-state index is 0.246. The van der Waals surface area contributed by atoms with Crippen molar-refractivity contribution in [2.45, 2.75) is 20.3 Å². The third kappa shape index (κ3) is 2.32. The van der Waals surface area contributed by atoms with E-state index >= 15 is 0 Å². The van der Waals surface area contributed by atoms with Crippen LogP contribution in [0.1, 0.15) is 29.1 Å². The first-order chi connectivity index (χ1) is 6.69. The highest BCUT2D eigenvalue weighted by molar-refractivity contribution is 5.88. The molecule has 2 N–H and O–H groups in total. The zero-order valence-corrected chi connectivity index (χ0v) is 8.37. The number of nitrogens with two attached hydrogens (primary N) is 1. The zero-order chi connectivity index (χ0) is 10.6. The largest absolute Gasteiger partial charge is 0.461 e. The SMILES string of the molecule is CCOC(=O)c1nc(CCN)oc1C. The summed E-state index contributed by atoms with van der Waals surface area (Å²) in [6.07, 6.45) is 0.528. The maximum absolute atomic E-state index is 11.3. The monoisotopic (exact) mass is 198 g/mol. The van der Waals surface area contributed by atoms with Gasteiger partial charge in [0.2, 0.25) is 0 Å². The minimum atomic E-state index is -0.447. The van der Waals surface area contributed by atoms with Crippen molar-refractivity contribution in [3.8, 4) is 0 Å². The molecule has 1 aromatic rings. The van der Waals surface area contributed by atoms with Gasteiger partial charge in [-0.2, -0.15) is 0 Å². The Balaban J connectivity index is 2.81. The molecule has 5 nitrogen and oxygen atoms in total. The van der Waals surface area contributed by atoms with Gasteiger partial charge >= 0.3 is 5.97 Å². The van der Waals surface area contributed by atoms with Crippen molar-refractivity contribution in [3.63, 3.8) is 0 Å². The molecule has 0 unspecified atom stereocenters. The number of carbonyl (C=O) groups is 1. The predicted octanol–water partition coefficient (Wildman–Crippen LogP) is 0.661. The zero-order valence-electron chi connectivity index (χ0n) is 8.37. The third-order valence-electron chi connectivity index (χ3n) is 1.67. The topological polar surface area (TPSA) is 78.3 Å². The summed E-state index contributed by atoms with van der Waals surface area (Å²) in [5.74, 6) is 0.511. The second-order valence-electron chi connectivity index (χ2n) is 2.77. The quantitative estimate of drug-likeness (QED) is 0.719. The Bertz CT molecular complexity index is 320. The summed E-state index contributed by atoms with van der Waals surface area (Å²) in [5, 5.41) is 0. The van der Waals surface area contributed by atoms with Crippen LogP contribution in [0.4, 0.5) is 0 Å². The van der Waals surface area contributed by atoms with Crippen LogP contribution >= 0.6 is 0 Å². The lowest BCUT2D eigenvalue weighted by molar-refractivity contribution is 0.0518. The van der Waals surface area contributed by atoms with Crippen LogP contribution in [0.5, 0.6) is 0 Å². The molecule has 1 rings (SSSR count).